The fourth-order valence-electron chi connectivity index (χ4n) is 4.76. The molecule has 0 bridgehead atoms. The van der Waals surface area contributed by atoms with Gasteiger partial charge < -0.3 is 19.6 Å². The van der Waals surface area contributed by atoms with Crippen LogP contribution >= 0.6 is 0 Å². The standard InChI is InChI=1S/C26H21N3O6/c1-25(2,3)35-19(30)13-29-17-10-6-5-9-15(17)26(24(29)32)16(12-27)22(28)34-21-14-8-4-7-11-18(14)33-23(31)20(21)26/h4-11H,13,28H2,1-3H3. The summed E-state index contributed by atoms with van der Waals surface area (Å²) < 4.78 is 16.7. The van der Waals surface area contributed by atoms with E-state index >= 15 is 0 Å². The molecule has 0 saturated carbocycles. The van der Waals surface area contributed by atoms with Gasteiger partial charge in [0, 0.05) is 11.3 Å². The van der Waals surface area contributed by atoms with Crippen LogP contribution in [0.5, 0.6) is 5.75 Å². The van der Waals surface area contributed by atoms with E-state index in [9.17, 15) is 19.6 Å². The molecule has 1 atom stereocenters. The number of fused-ring (bicyclic) bond motifs is 6. The normalized spacial score (nSPS) is 18.8. The van der Waals surface area contributed by atoms with Gasteiger partial charge in [-0.25, -0.2) is 4.79 Å². The van der Waals surface area contributed by atoms with E-state index in [2.05, 4.69) is 0 Å². The molecule has 2 N–H and O–H groups in total. The summed E-state index contributed by atoms with van der Waals surface area (Å²) in [5, 5.41) is 10.5. The first-order chi connectivity index (χ1) is 16.6. The highest BCUT2D eigenvalue weighted by atomic mass is 16.6. The van der Waals surface area contributed by atoms with Crippen LogP contribution in [0.2, 0.25) is 0 Å². The Morgan fingerprint density at radius 1 is 1.14 bits per heavy atom. The Morgan fingerprint density at radius 2 is 1.83 bits per heavy atom. The highest BCUT2D eigenvalue weighted by Crippen LogP contribution is 2.55. The number of hydrogen-bond acceptors (Lipinski definition) is 8. The van der Waals surface area contributed by atoms with E-state index in [0.717, 1.165) is 0 Å². The maximum absolute atomic E-state index is 14.2. The van der Waals surface area contributed by atoms with Crippen LogP contribution in [0.15, 0.2) is 69.2 Å². The number of nitriles is 1. The highest BCUT2D eigenvalue weighted by Gasteiger charge is 2.61. The fraction of sp³-hybridized carbons (Fsp3) is 0.231. The van der Waals surface area contributed by atoms with E-state index in [-0.39, 0.29) is 28.4 Å². The van der Waals surface area contributed by atoms with Crippen LogP contribution in [0.3, 0.4) is 0 Å². The summed E-state index contributed by atoms with van der Waals surface area (Å²) in [5.74, 6) is -1.61. The second-order valence-corrected chi connectivity index (χ2v) is 9.29. The first kappa shape index (κ1) is 22.2. The minimum Gasteiger partial charge on any atom is -0.459 e. The predicted octanol–water partition coefficient (Wildman–Crippen LogP) is 2.85. The average Bonchev–Trinajstić information content (AvgIpc) is 3.01. The molecule has 1 spiro atoms. The van der Waals surface area contributed by atoms with Gasteiger partial charge in [0.1, 0.15) is 34.9 Å². The largest absolute Gasteiger partial charge is 0.459 e. The lowest BCUT2D eigenvalue weighted by molar-refractivity contribution is -0.153. The van der Waals surface area contributed by atoms with Gasteiger partial charge in [-0.1, -0.05) is 30.3 Å². The molecule has 1 unspecified atom stereocenters. The summed E-state index contributed by atoms with van der Waals surface area (Å²) in [6.07, 6.45) is 0. The molecule has 3 heterocycles. The third-order valence-electron chi connectivity index (χ3n) is 5.96. The number of anilines is 1. The SMILES string of the molecule is CC(C)(C)OC(=O)CN1C(=O)C2(C(C#N)=C(N)Oc3c2c(=O)oc2ccccc32)c2ccccc21. The van der Waals surface area contributed by atoms with Crippen molar-refractivity contribution in [3.63, 3.8) is 0 Å². The molecule has 0 fully saturated rings. The van der Waals surface area contributed by atoms with E-state index in [1.54, 1.807) is 69.3 Å². The Labute approximate surface area is 199 Å². The van der Waals surface area contributed by atoms with Gasteiger partial charge in [0.15, 0.2) is 11.2 Å². The van der Waals surface area contributed by atoms with Crippen molar-refractivity contribution in [3.8, 4) is 11.8 Å². The zero-order valence-corrected chi connectivity index (χ0v) is 19.2. The summed E-state index contributed by atoms with van der Waals surface area (Å²) in [4.78, 5) is 41.6. The summed E-state index contributed by atoms with van der Waals surface area (Å²) in [5.41, 5.74) is 3.12. The van der Waals surface area contributed by atoms with Crippen LogP contribution in [-0.2, 0) is 19.7 Å². The molecule has 9 nitrogen and oxygen atoms in total. The van der Waals surface area contributed by atoms with Gasteiger partial charge in [-0.05, 0) is 39.0 Å². The number of rotatable bonds is 2. The van der Waals surface area contributed by atoms with Crippen molar-refractivity contribution in [3.05, 3.63) is 81.5 Å². The molecule has 176 valence electrons. The van der Waals surface area contributed by atoms with Crippen molar-refractivity contribution in [2.45, 2.75) is 31.8 Å². The predicted molar refractivity (Wildman–Crippen MR) is 125 cm³/mol. The van der Waals surface area contributed by atoms with Gasteiger partial charge in [-0.15, -0.1) is 0 Å². The van der Waals surface area contributed by atoms with Gasteiger partial charge in [0.2, 0.25) is 11.8 Å². The molecule has 5 rings (SSSR count). The minimum atomic E-state index is -1.95. The zero-order valence-electron chi connectivity index (χ0n) is 19.2. The van der Waals surface area contributed by atoms with Crippen molar-refractivity contribution in [2.24, 2.45) is 5.73 Å². The van der Waals surface area contributed by atoms with Crippen LogP contribution in [-0.4, -0.2) is 24.0 Å². The van der Waals surface area contributed by atoms with Crippen molar-refractivity contribution < 1.29 is 23.5 Å². The third-order valence-corrected chi connectivity index (χ3v) is 5.96. The number of para-hydroxylation sites is 2. The average molecular weight is 471 g/mol. The Morgan fingerprint density at radius 3 is 2.54 bits per heavy atom. The van der Waals surface area contributed by atoms with E-state index in [0.29, 0.717) is 16.6 Å². The Hall–Kier alpha value is -4.58. The first-order valence-electron chi connectivity index (χ1n) is 10.9. The number of ether oxygens (including phenoxy) is 2. The lowest BCUT2D eigenvalue weighted by Crippen LogP contribution is -2.49. The van der Waals surface area contributed by atoms with Crippen molar-refractivity contribution in [1.82, 2.24) is 0 Å². The molecule has 0 saturated heterocycles. The van der Waals surface area contributed by atoms with Gasteiger partial charge in [-0.2, -0.15) is 5.26 Å². The van der Waals surface area contributed by atoms with Crippen LogP contribution in [0.4, 0.5) is 5.69 Å². The Bertz CT molecular complexity index is 1560. The molecular formula is C26H21N3O6. The van der Waals surface area contributed by atoms with Gasteiger partial charge >= 0.3 is 11.6 Å². The number of hydrogen-bond donors (Lipinski definition) is 1. The van der Waals surface area contributed by atoms with E-state index in [1.165, 1.54) is 4.90 Å². The first-order valence-corrected chi connectivity index (χ1v) is 10.9. The van der Waals surface area contributed by atoms with Gasteiger partial charge in [0.25, 0.3) is 0 Å². The fourth-order valence-corrected chi connectivity index (χ4v) is 4.76. The second-order valence-electron chi connectivity index (χ2n) is 9.29. The quantitative estimate of drug-likeness (QED) is 0.445. The van der Waals surface area contributed by atoms with E-state index in [1.807, 2.05) is 6.07 Å². The van der Waals surface area contributed by atoms with Gasteiger partial charge in [0.05, 0.1) is 5.39 Å². The molecule has 2 aliphatic heterocycles. The molecule has 2 aliphatic rings. The van der Waals surface area contributed by atoms with Crippen LogP contribution in [0.1, 0.15) is 31.9 Å². The van der Waals surface area contributed by atoms with Crippen LogP contribution in [0, 0.1) is 11.3 Å². The molecule has 2 aromatic carbocycles. The van der Waals surface area contributed by atoms with Crippen molar-refractivity contribution >= 4 is 28.5 Å². The Balaban J connectivity index is 1.82. The molecule has 3 aromatic rings. The monoisotopic (exact) mass is 471 g/mol. The second kappa shape index (κ2) is 7.46. The number of amides is 1. The summed E-state index contributed by atoms with van der Waals surface area (Å²) in [6.45, 7) is 4.72. The van der Waals surface area contributed by atoms with Crippen LogP contribution < -0.4 is 21.0 Å². The number of nitrogens with zero attached hydrogens (tertiary/aromatic N) is 2. The maximum atomic E-state index is 14.2. The molecule has 35 heavy (non-hydrogen) atoms. The van der Waals surface area contributed by atoms with Gasteiger partial charge in [-0.3, -0.25) is 14.5 Å². The lowest BCUT2D eigenvalue weighted by Gasteiger charge is -2.33. The zero-order chi connectivity index (χ0) is 25.1. The number of esters is 1. The molecule has 1 aromatic heterocycles. The minimum absolute atomic E-state index is 0.0376. The summed E-state index contributed by atoms with van der Waals surface area (Å²) in [6, 6.07) is 15.3. The summed E-state index contributed by atoms with van der Waals surface area (Å²) in [7, 11) is 0. The molecule has 1 amide bonds. The molecule has 0 aliphatic carbocycles. The van der Waals surface area contributed by atoms with Crippen LogP contribution in [0.25, 0.3) is 11.0 Å². The topological polar surface area (TPSA) is 136 Å². The number of nitrogens with two attached hydrogens (primary N) is 1. The number of carbonyl (C=O) groups excluding carboxylic acids is 2. The lowest BCUT2D eigenvalue weighted by atomic mass is 9.69. The highest BCUT2D eigenvalue weighted by molar-refractivity contribution is 6.16. The number of benzene rings is 2. The third kappa shape index (κ3) is 3.10. The van der Waals surface area contributed by atoms with Crippen molar-refractivity contribution in [2.75, 3.05) is 11.4 Å². The van der Waals surface area contributed by atoms with E-state index < -0.39 is 35.1 Å². The van der Waals surface area contributed by atoms with E-state index in [4.69, 9.17) is 19.6 Å². The maximum Gasteiger partial charge on any atom is 0.345 e. The molecular weight excluding hydrogens is 450 g/mol. The molecule has 9 heteroatoms. The Kier molecular flexibility index (Phi) is 4.74. The summed E-state index contributed by atoms with van der Waals surface area (Å²) >= 11 is 0. The number of carbonyl (C=O) groups is 2. The van der Waals surface area contributed by atoms with Crippen molar-refractivity contribution in [1.29, 1.82) is 5.26 Å². The smallest absolute Gasteiger partial charge is 0.345 e. The molecule has 0 radical (unpaired) electrons.